The van der Waals surface area contributed by atoms with Crippen molar-refractivity contribution in [2.24, 2.45) is 17.8 Å². The molecule has 2 aliphatic carbocycles. The molecule has 0 aromatic carbocycles. The van der Waals surface area contributed by atoms with Gasteiger partial charge in [0.25, 0.3) is 0 Å². The van der Waals surface area contributed by atoms with E-state index in [-0.39, 0.29) is 0 Å². The summed E-state index contributed by atoms with van der Waals surface area (Å²) in [5.74, 6) is 3.08. The molecule has 0 aromatic heterocycles. The van der Waals surface area contributed by atoms with Gasteiger partial charge in [-0.1, -0.05) is 19.8 Å². The summed E-state index contributed by atoms with van der Waals surface area (Å²) < 4.78 is 5.49. The molecule has 0 amide bonds. The SMILES string of the molecule is CCC1CCC2CC(OC)CCC2C1. The zero-order chi connectivity index (χ0) is 9.97. The van der Waals surface area contributed by atoms with Gasteiger partial charge in [-0.15, -0.1) is 0 Å². The van der Waals surface area contributed by atoms with Crippen LogP contribution < -0.4 is 0 Å². The quantitative estimate of drug-likeness (QED) is 0.655. The van der Waals surface area contributed by atoms with Crippen molar-refractivity contribution in [3.8, 4) is 0 Å². The highest BCUT2D eigenvalue weighted by Crippen LogP contribution is 2.43. The van der Waals surface area contributed by atoms with Crippen LogP contribution in [0.4, 0.5) is 0 Å². The highest BCUT2D eigenvalue weighted by atomic mass is 16.5. The molecule has 0 aromatic rings. The highest BCUT2D eigenvalue weighted by Gasteiger charge is 2.34. The lowest BCUT2D eigenvalue weighted by molar-refractivity contribution is 0.00607. The minimum atomic E-state index is 0.578. The van der Waals surface area contributed by atoms with Crippen LogP contribution in [0.1, 0.15) is 51.9 Å². The zero-order valence-electron chi connectivity index (χ0n) is 9.67. The predicted octanol–water partition coefficient (Wildman–Crippen LogP) is 3.63. The summed E-state index contributed by atoms with van der Waals surface area (Å²) in [6.45, 7) is 2.35. The molecule has 4 unspecified atom stereocenters. The lowest BCUT2D eigenvalue weighted by Crippen LogP contribution is -2.33. The third-order valence-corrected chi connectivity index (χ3v) is 4.58. The van der Waals surface area contributed by atoms with Crippen molar-refractivity contribution in [2.75, 3.05) is 7.11 Å². The standard InChI is InChI=1S/C13H24O/c1-3-10-4-5-12-9-13(14-2)7-6-11(12)8-10/h10-13H,3-9H2,1-2H3. The topological polar surface area (TPSA) is 9.23 Å². The molecule has 2 saturated carbocycles. The van der Waals surface area contributed by atoms with Gasteiger partial charge >= 0.3 is 0 Å². The Bertz CT molecular complexity index is 158. The Balaban J connectivity index is 1.88. The first-order valence-corrected chi connectivity index (χ1v) is 6.36. The second-order valence-corrected chi connectivity index (χ2v) is 5.28. The molecule has 0 bridgehead atoms. The van der Waals surface area contributed by atoms with Crippen LogP contribution in [0, 0.1) is 17.8 Å². The first kappa shape index (κ1) is 10.5. The number of hydrogen-bond acceptors (Lipinski definition) is 1. The molecule has 2 fully saturated rings. The van der Waals surface area contributed by atoms with Gasteiger partial charge in [0.1, 0.15) is 0 Å². The van der Waals surface area contributed by atoms with Crippen molar-refractivity contribution in [1.29, 1.82) is 0 Å². The number of fused-ring (bicyclic) bond motifs is 1. The summed E-state index contributed by atoms with van der Waals surface area (Å²) in [5, 5.41) is 0. The molecule has 2 aliphatic rings. The van der Waals surface area contributed by atoms with Crippen molar-refractivity contribution in [3.05, 3.63) is 0 Å². The van der Waals surface area contributed by atoms with Gasteiger partial charge in [-0.05, 0) is 49.9 Å². The monoisotopic (exact) mass is 196 g/mol. The average molecular weight is 196 g/mol. The number of hydrogen-bond donors (Lipinski definition) is 0. The lowest BCUT2D eigenvalue weighted by Gasteiger charge is -2.41. The van der Waals surface area contributed by atoms with Crippen LogP contribution in [0.5, 0.6) is 0 Å². The molecule has 1 heteroatoms. The molecule has 0 heterocycles. The van der Waals surface area contributed by atoms with E-state index in [4.69, 9.17) is 4.74 Å². The van der Waals surface area contributed by atoms with Crippen LogP contribution >= 0.6 is 0 Å². The van der Waals surface area contributed by atoms with Crippen LogP contribution in [0.15, 0.2) is 0 Å². The first-order chi connectivity index (χ1) is 6.83. The smallest absolute Gasteiger partial charge is 0.0574 e. The Morgan fingerprint density at radius 1 is 1.00 bits per heavy atom. The maximum Gasteiger partial charge on any atom is 0.0574 e. The molecule has 14 heavy (non-hydrogen) atoms. The molecule has 0 N–H and O–H groups in total. The minimum absolute atomic E-state index is 0.578. The van der Waals surface area contributed by atoms with Crippen LogP contribution in [0.3, 0.4) is 0 Å². The van der Waals surface area contributed by atoms with Gasteiger partial charge < -0.3 is 4.74 Å². The summed E-state index contributed by atoms with van der Waals surface area (Å²) >= 11 is 0. The van der Waals surface area contributed by atoms with Crippen LogP contribution in [-0.4, -0.2) is 13.2 Å². The summed E-state index contributed by atoms with van der Waals surface area (Å²) in [6, 6.07) is 0. The molecule has 1 nitrogen and oxygen atoms in total. The predicted molar refractivity (Wildman–Crippen MR) is 59.3 cm³/mol. The fraction of sp³-hybridized carbons (Fsp3) is 1.00. The highest BCUT2D eigenvalue weighted by molar-refractivity contribution is 4.86. The van der Waals surface area contributed by atoms with Crippen molar-refractivity contribution >= 4 is 0 Å². The molecule has 82 valence electrons. The summed E-state index contributed by atoms with van der Waals surface area (Å²) in [4.78, 5) is 0. The van der Waals surface area contributed by atoms with E-state index in [0.717, 1.165) is 17.8 Å². The lowest BCUT2D eigenvalue weighted by atomic mass is 9.66. The summed E-state index contributed by atoms with van der Waals surface area (Å²) in [6.07, 6.45) is 10.5. The van der Waals surface area contributed by atoms with E-state index in [1.807, 2.05) is 7.11 Å². The van der Waals surface area contributed by atoms with E-state index >= 15 is 0 Å². The normalized spacial score (nSPS) is 43.3. The van der Waals surface area contributed by atoms with E-state index in [1.54, 1.807) is 0 Å². The largest absolute Gasteiger partial charge is 0.381 e. The average Bonchev–Trinajstić information content (AvgIpc) is 2.27. The van der Waals surface area contributed by atoms with Gasteiger partial charge in [0, 0.05) is 7.11 Å². The van der Waals surface area contributed by atoms with Crippen molar-refractivity contribution in [3.63, 3.8) is 0 Å². The summed E-state index contributed by atoms with van der Waals surface area (Å²) in [5.41, 5.74) is 0. The Hall–Kier alpha value is -0.0400. The van der Waals surface area contributed by atoms with E-state index in [0.29, 0.717) is 6.10 Å². The number of methoxy groups -OCH3 is 1. The van der Waals surface area contributed by atoms with E-state index in [1.165, 1.54) is 44.9 Å². The molecule has 0 spiro atoms. The zero-order valence-corrected chi connectivity index (χ0v) is 9.67. The van der Waals surface area contributed by atoms with E-state index in [9.17, 15) is 0 Å². The van der Waals surface area contributed by atoms with Gasteiger partial charge in [0.2, 0.25) is 0 Å². The molecular formula is C13H24O. The van der Waals surface area contributed by atoms with Gasteiger partial charge in [-0.2, -0.15) is 0 Å². The van der Waals surface area contributed by atoms with Crippen molar-refractivity contribution in [1.82, 2.24) is 0 Å². The van der Waals surface area contributed by atoms with Crippen LogP contribution in [0.2, 0.25) is 0 Å². The first-order valence-electron chi connectivity index (χ1n) is 6.36. The fourth-order valence-electron chi connectivity index (χ4n) is 3.53. The fourth-order valence-corrected chi connectivity index (χ4v) is 3.53. The molecular weight excluding hydrogens is 172 g/mol. The molecule has 2 rings (SSSR count). The van der Waals surface area contributed by atoms with Gasteiger partial charge in [-0.3, -0.25) is 0 Å². The maximum atomic E-state index is 5.49. The Labute approximate surface area is 88.2 Å². The molecule has 0 saturated heterocycles. The molecule has 0 radical (unpaired) electrons. The second-order valence-electron chi connectivity index (χ2n) is 5.28. The third-order valence-electron chi connectivity index (χ3n) is 4.58. The molecule has 0 aliphatic heterocycles. The van der Waals surface area contributed by atoms with Crippen LogP contribution in [-0.2, 0) is 4.74 Å². The molecule has 4 atom stereocenters. The van der Waals surface area contributed by atoms with Crippen LogP contribution in [0.25, 0.3) is 0 Å². The van der Waals surface area contributed by atoms with Gasteiger partial charge in [-0.25, -0.2) is 0 Å². The number of ether oxygens (including phenoxy) is 1. The minimum Gasteiger partial charge on any atom is -0.381 e. The van der Waals surface area contributed by atoms with Gasteiger partial charge in [0.05, 0.1) is 6.10 Å². The second kappa shape index (κ2) is 4.65. The summed E-state index contributed by atoms with van der Waals surface area (Å²) in [7, 11) is 1.88. The van der Waals surface area contributed by atoms with Crippen molar-refractivity contribution < 1.29 is 4.74 Å². The number of rotatable bonds is 2. The van der Waals surface area contributed by atoms with E-state index in [2.05, 4.69) is 6.92 Å². The Morgan fingerprint density at radius 2 is 1.71 bits per heavy atom. The van der Waals surface area contributed by atoms with Gasteiger partial charge in [0.15, 0.2) is 0 Å². The Kier molecular flexibility index (Phi) is 3.48. The van der Waals surface area contributed by atoms with Crippen molar-refractivity contribution in [2.45, 2.75) is 58.0 Å². The Morgan fingerprint density at radius 3 is 2.43 bits per heavy atom. The maximum absolute atomic E-state index is 5.49. The third kappa shape index (κ3) is 2.13. The van der Waals surface area contributed by atoms with E-state index < -0.39 is 0 Å².